The van der Waals surface area contributed by atoms with E-state index in [-0.39, 0.29) is 6.04 Å². The van der Waals surface area contributed by atoms with Gasteiger partial charge in [-0.1, -0.05) is 0 Å². The molecular weight excluding hydrogens is 146 g/mol. The molecule has 0 aromatic rings. The second kappa shape index (κ2) is 3.39. The third-order valence-corrected chi connectivity index (χ3v) is 3.06. The first kappa shape index (κ1) is 8.08. The van der Waals surface area contributed by atoms with Crippen molar-refractivity contribution >= 4 is 18.0 Å². The minimum Gasteiger partial charge on any atom is -0.302 e. The van der Waals surface area contributed by atoms with Crippen LogP contribution in [-0.2, 0) is 4.79 Å². The molecular formula is C7H13NOS. The van der Waals surface area contributed by atoms with E-state index in [2.05, 4.69) is 11.2 Å². The van der Waals surface area contributed by atoms with Gasteiger partial charge in [-0.25, -0.2) is 0 Å². The predicted octanol–water partition coefficient (Wildman–Crippen LogP) is 0.621. The Morgan fingerprint density at radius 1 is 1.70 bits per heavy atom. The van der Waals surface area contributed by atoms with Crippen molar-refractivity contribution in [3.05, 3.63) is 0 Å². The Labute approximate surface area is 66.0 Å². The average molecular weight is 159 g/mol. The number of likely N-dealkylation sites (tertiary alicyclic amines) is 1. The molecule has 0 spiro atoms. The van der Waals surface area contributed by atoms with Crippen molar-refractivity contribution in [1.29, 1.82) is 0 Å². The molecule has 1 rings (SSSR count). The fraction of sp³-hybridized carbons (Fsp3) is 0.857. The van der Waals surface area contributed by atoms with Crippen LogP contribution in [0.1, 0.15) is 6.42 Å². The minimum absolute atomic E-state index is 0.178. The lowest BCUT2D eigenvalue weighted by Crippen LogP contribution is -2.25. The molecule has 3 heteroatoms. The lowest BCUT2D eigenvalue weighted by Gasteiger charge is -2.10. The van der Waals surface area contributed by atoms with Crippen molar-refractivity contribution in [3.63, 3.8) is 0 Å². The SMILES string of the molecule is CSC1CC(C=O)N(C)C1. The summed E-state index contributed by atoms with van der Waals surface area (Å²) in [4.78, 5) is 12.5. The van der Waals surface area contributed by atoms with Gasteiger partial charge in [-0.05, 0) is 19.7 Å². The molecule has 0 saturated carbocycles. The van der Waals surface area contributed by atoms with Crippen LogP contribution >= 0.6 is 11.8 Å². The fourth-order valence-corrected chi connectivity index (χ4v) is 2.08. The van der Waals surface area contributed by atoms with Gasteiger partial charge >= 0.3 is 0 Å². The van der Waals surface area contributed by atoms with E-state index in [1.807, 2.05) is 18.8 Å². The van der Waals surface area contributed by atoms with Gasteiger partial charge in [0.2, 0.25) is 0 Å². The third kappa shape index (κ3) is 1.52. The van der Waals surface area contributed by atoms with E-state index in [1.54, 1.807) is 0 Å². The van der Waals surface area contributed by atoms with Crippen LogP contribution in [0.2, 0.25) is 0 Å². The Balaban J connectivity index is 2.43. The zero-order valence-corrected chi connectivity index (χ0v) is 7.23. The van der Waals surface area contributed by atoms with Crippen molar-refractivity contribution in [2.24, 2.45) is 0 Å². The van der Waals surface area contributed by atoms with E-state index < -0.39 is 0 Å². The van der Waals surface area contributed by atoms with Gasteiger partial charge in [0, 0.05) is 11.8 Å². The molecule has 1 fully saturated rings. The second-order valence-corrected chi connectivity index (χ2v) is 3.87. The van der Waals surface area contributed by atoms with Gasteiger partial charge in [0.05, 0.1) is 6.04 Å². The number of nitrogens with zero attached hydrogens (tertiary/aromatic N) is 1. The van der Waals surface area contributed by atoms with Crippen molar-refractivity contribution in [2.45, 2.75) is 17.7 Å². The second-order valence-electron chi connectivity index (χ2n) is 2.74. The molecule has 10 heavy (non-hydrogen) atoms. The molecule has 0 bridgehead atoms. The largest absolute Gasteiger partial charge is 0.302 e. The lowest BCUT2D eigenvalue weighted by atomic mass is 10.2. The average Bonchev–Trinajstić information content (AvgIpc) is 2.30. The Bertz CT molecular complexity index is 129. The molecule has 1 aliphatic heterocycles. The molecule has 2 unspecified atom stereocenters. The number of hydrogen-bond acceptors (Lipinski definition) is 3. The number of hydrogen-bond donors (Lipinski definition) is 0. The Morgan fingerprint density at radius 2 is 2.40 bits per heavy atom. The summed E-state index contributed by atoms with van der Waals surface area (Å²) in [5, 5.41) is 0.667. The van der Waals surface area contributed by atoms with Crippen molar-refractivity contribution in [1.82, 2.24) is 4.90 Å². The summed E-state index contributed by atoms with van der Waals surface area (Å²) in [6, 6.07) is 0.178. The van der Waals surface area contributed by atoms with Gasteiger partial charge in [0.15, 0.2) is 0 Å². The van der Waals surface area contributed by atoms with Crippen molar-refractivity contribution in [3.8, 4) is 0 Å². The monoisotopic (exact) mass is 159 g/mol. The van der Waals surface area contributed by atoms with Crippen LogP contribution in [0.4, 0.5) is 0 Å². The van der Waals surface area contributed by atoms with Gasteiger partial charge in [0.25, 0.3) is 0 Å². The van der Waals surface area contributed by atoms with E-state index >= 15 is 0 Å². The highest BCUT2D eigenvalue weighted by molar-refractivity contribution is 7.99. The Kier molecular flexibility index (Phi) is 2.74. The number of carbonyl (C=O) groups is 1. The van der Waals surface area contributed by atoms with E-state index in [0.717, 1.165) is 19.3 Å². The zero-order valence-electron chi connectivity index (χ0n) is 6.41. The maximum Gasteiger partial charge on any atom is 0.137 e. The van der Waals surface area contributed by atoms with E-state index in [4.69, 9.17) is 0 Å². The topological polar surface area (TPSA) is 20.3 Å². The fourth-order valence-electron chi connectivity index (χ4n) is 1.31. The van der Waals surface area contributed by atoms with Crippen LogP contribution in [0.15, 0.2) is 0 Å². The van der Waals surface area contributed by atoms with E-state index in [1.165, 1.54) is 0 Å². The first-order chi connectivity index (χ1) is 4.77. The normalized spacial score (nSPS) is 34.6. The number of rotatable bonds is 2. The predicted molar refractivity (Wildman–Crippen MR) is 44.4 cm³/mol. The maximum atomic E-state index is 10.4. The van der Waals surface area contributed by atoms with Crippen LogP contribution in [0.5, 0.6) is 0 Å². The smallest absolute Gasteiger partial charge is 0.137 e. The van der Waals surface area contributed by atoms with Crippen LogP contribution < -0.4 is 0 Å². The van der Waals surface area contributed by atoms with Gasteiger partial charge in [-0.2, -0.15) is 11.8 Å². The van der Waals surface area contributed by atoms with Crippen LogP contribution in [0, 0.1) is 0 Å². The molecule has 58 valence electrons. The number of carbonyl (C=O) groups excluding carboxylic acids is 1. The highest BCUT2D eigenvalue weighted by Crippen LogP contribution is 2.22. The summed E-state index contributed by atoms with van der Waals surface area (Å²) in [6.07, 6.45) is 4.18. The molecule has 2 atom stereocenters. The van der Waals surface area contributed by atoms with Crippen molar-refractivity contribution in [2.75, 3.05) is 19.8 Å². The Hall–Kier alpha value is -0.0200. The van der Waals surface area contributed by atoms with Crippen LogP contribution in [0.25, 0.3) is 0 Å². The van der Waals surface area contributed by atoms with Crippen molar-refractivity contribution < 1.29 is 4.79 Å². The number of aldehydes is 1. The molecule has 0 aliphatic carbocycles. The highest BCUT2D eigenvalue weighted by Gasteiger charge is 2.27. The lowest BCUT2D eigenvalue weighted by molar-refractivity contribution is -0.111. The molecule has 0 amide bonds. The standard InChI is InChI=1S/C7H13NOS/c1-8-4-7(10-2)3-6(8)5-9/h5-7H,3-4H2,1-2H3. The molecule has 1 heterocycles. The minimum atomic E-state index is 0.178. The van der Waals surface area contributed by atoms with E-state index in [0.29, 0.717) is 5.25 Å². The third-order valence-electron chi connectivity index (χ3n) is 2.05. The molecule has 0 N–H and O–H groups in total. The first-order valence-corrected chi connectivity index (χ1v) is 4.75. The molecule has 0 radical (unpaired) electrons. The molecule has 1 saturated heterocycles. The summed E-state index contributed by atoms with van der Waals surface area (Å²) in [7, 11) is 2.01. The Morgan fingerprint density at radius 3 is 2.70 bits per heavy atom. The van der Waals surface area contributed by atoms with Gasteiger partial charge < -0.3 is 4.79 Å². The number of thioether (sulfide) groups is 1. The summed E-state index contributed by atoms with van der Waals surface area (Å²) < 4.78 is 0. The maximum absolute atomic E-state index is 10.4. The molecule has 1 aliphatic rings. The molecule has 2 nitrogen and oxygen atoms in total. The quantitative estimate of drug-likeness (QED) is 0.551. The summed E-state index contributed by atoms with van der Waals surface area (Å²) in [5.74, 6) is 0. The molecule has 0 aromatic carbocycles. The van der Waals surface area contributed by atoms with Gasteiger partial charge in [0.1, 0.15) is 6.29 Å². The summed E-state index contributed by atoms with van der Waals surface area (Å²) in [6.45, 7) is 1.06. The molecule has 0 aromatic heterocycles. The first-order valence-electron chi connectivity index (χ1n) is 3.46. The van der Waals surface area contributed by atoms with Crippen LogP contribution in [-0.4, -0.2) is 42.3 Å². The number of likely N-dealkylation sites (N-methyl/N-ethyl adjacent to an activating group) is 1. The summed E-state index contributed by atoms with van der Waals surface area (Å²) in [5.41, 5.74) is 0. The zero-order chi connectivity index (χ0) is 7.56. The van der Waals surface area contributed by atoms with Gasteiger partial charge in [-0.3, -0.25) is 4.90 Å². The highest BCUT2D eigenvalue weighted by atomic mass is 32.2. The van der Waals surface area contributed by atoms with Crippen LogP contribution in [0.3, 0.4) is 0 Å². The van der Waals surface area contributed by atoms with Gasteiger partial charge in [-0.15, -0.1) is 0 Å². The van der Waals surface area contributed by atoms with E-state index in [9.17, 15) is 4.79 Å². The summed E-state index contributed by atoms with van der Waals surface area (Å²) >= 11 is 1.85.